The average Bonchev–Trinajstić information content (AvgIpc) is 2.89. The van der Waals surface area contributed by atoms with Gasteiger partial charge in [0.05, 0.1) is 32.7 Å². The van der Waals surface area contributed by atoms with Gasteiger partial charge >= 0.3 is 23.9 Å². The third-order valence-corrected chi connectivity index (χ3v) is 6.86. The minimum Gasteiger partial charge on any atom is -0.480 e. The van der Waals surface area contributed by atoms with Crippen molar-refractivity contribution in [3.05, 3.63) is 0 Å². The van der Waals surface area contributed by atoms with Gasteiger partial charge in [0.25, 0.3) is 0 Å². The summed E-state index contributed by atoms with van der Waals surface area (Å²) in [5.74, 6) is -5.06. The van der Waals surface area contributed by atoms with E-state index in [9.17, 15) is 29.1 Å². The number of hydrogen-bond donors (Lipinski definition) is 6. The summed E-state index contributed by atoms with van der Waals surface area (Å²) in [5.41, 5.74) is 0. The van der Waals surface area contributed by atoms with Gasteiger partial charge in [-0.3, -0.25) is 33.8 Å². The number of unbranched alkanes of at least 4 members (excludes halogenated alkanes) is 12. The monoisotopic (exact) mass is 602 g/mol. The van der Waals surface area contributed by atoms with Crippen molar-refractivity contribution in [2.45, 2.75) is 103 Å². The second-order valence-corrected chi connectivity index (χ2v) is 10.9. The zero-order valence-electron chi connectivity index (χ0n) is 25.4. The smallest absolute Gasteiger partial charge is 0.317 e. The summed E-state index contributed by atoms with van der Waals surface area (Å²) in [4.78, 5) is 59.7. The Morgan fingerprint density at radius 2 is 1.05 bits per heavy atom. The minimum absolute atomic E-state index is 0.000275. The average molecular weight is 603 g/mol. The molecule has 0 aliphatic carbocycles. The maximum absolute atomic E-state index is 12.5. The zero-order valence-corrected chi connectivity index (χ0v) is 25.4. The molecule has 0 fully saturated rings. The minimum atomic E-state index is -1.21. The molecule has 0 aromatic heterocycles. The van der Waals surface area contributed by atoms with Crippen molar-refractivity contribution in [3.8, 4) is 0 Å². The van der Waals surface area contributed by atoms with Gasteiger partial charge in [-0.05, 0) is 12.8 Å². The van der Waals surface area contributed by atoms with E-state index in [0.717, 1.165) is 19.3 Å². The summed E-state index contributed by atoms with van der Waals surface area (Å²) in [6, 6.07) is -0.626. The van der Waals surface area contributed by atoms with E-state index in [-0.39, 0.29) is 32.0 Å². The molecule has 0 bridgehead atoms. The SMILES string of the molecule is CCCCCCCCCCCCCCCNC(=O)CN(CC(=O)O)CC(CCN(CC(=O)O)CC(=O)O)NCC(=O)O. The summed E-state index contributed by atoms with van der Waals surface area (Å²) in [5, 5.41) is 42.0. The maximum atomic E-state index is 12.5. The number of nitrogens with one attached hydrogen (secondary N) is 2. The molecule has 13 heteroatoms. The quantitative estimate of drug-likeness (QED) is 0.0658. The first-order valence-corrected chi connectivity index (χ1v) is 15.3. The lowest BCUT2D eigenvalue weighted by atomic mass is 10.0. The standard InChI is InChI=1S/C29H54N4O9/c1-2-3-4-5-6-7-8-9-10-11-12-13-14-16-30-25(34)20-33(23-29(41)42)19-24(31-18-26(35)36)15-17-32(21-27(37)38)22-28(39)40/h24,31H,2-23H2,1H3,(H,30,34)(H,35,36)(H,37,38)(H,39,40)(H,41,42). The molecule has 0 aromatic carbocycles. The van der Waals surface area contributed by atoms with Crippen molar-refractivity contribution < 1.29 is 44.4 Å². The molecular weight excluding hydrogens is 548 g/mol. The van der Waals surface area contributed by atoms with Crippen LogP contribution in [-0.4, -0.2) is 118 Å². The highest BCUT2D eigenvalue weighted by Crippen LogP contribution is 2.12. The van der Waals surface area contributed by atoms with E-state index in [1.165, 1.54) is 74.0 Å². The van der Waals surface area contributed by atoms with E-state index in [4.69, 9.17) is 15.3 Å². The number of hydrogen-bond acceptors (Lipinski definition) is 8. The summed E-state index contributed by atoms with van der Waals surface area (Å²) in [6.07, 6.45) is 16.0. The Bertz CT molecular complexity index is 766. The molecule has 42 heavy (non-hydrogen) atoms. The van der Waals surface area contributed by atoms with Crippen LogP contribution in [0.1, 0.15) is 96.8 Å². The van der Waals surface area contributed by atoms with Crippen LogP contribution in [0.2, 0.25) is 0 Å². The number of carboxylic acid groups (broad SMARTS) is 4. The number of amides is 1. The van der Waals surface area contributed by atoms with Gasteiger partial charge in [-0.25, -0.2) is 0 Å². The molecule has 1 amide bonds. The fraction of sp³-hybridized carbons (Fsp3) is 0.828. The summed E-state index contributed by atoms with van der Waals surface area (Å²) in [6.45, 7) is 0.603. The number of carbonyl (C=O) groups is 5. The lowest BCUT2D eigenvalue weighted by Crippen LogP contribution is -2.49. The predicted octanol–water partition coefficient (Wildman–Crippen LogP) is 2.48. The summed E-state index contributed by atoms with van der Waals surface area (Å²) < 4.78 is 0. The lowest BCUT2D eigenvalue weighted by molar-refractivity contribution is -0.142. The molecule has 13 nitrogen and oxygen atoms in total. The van der Waals surface area contributed by atoms with E-state index in [2.05, 4.69) is 17.6 Å². The molecule has 1 unspecified atom stereocenters. The summed E-state index contributed by atoms with van der Waals surface area (Å²) in [7, 11) is 0. The zero-order chi connectivity index (χ0) is 31.6. The predicted molar refractivity (Wildman–Crippen MR) is 159 cm³/mol. The van der Waals surface area contributed by atoms with Crippen LogP contribution in [0.15, 0.2) is 0 Å². The third-order valence-electron chi connectivity index (χ3n) is 6.86. The van der Waals surface area contributed by atoms with Gasteiger partial charge in [-0.15, -0.1) is 0 Å². The molecule has 244 valence electrons. The van der Waals surface area contributed by atoms with Crippen molar-refractivity contribution in [2.75, 3.05) is 52.4 Å². The van der Waals surface area contributed by atoms with Crippen LogP contribution in [0, 0.1) is 0 Å². The van der Waals surface area contributed by atoms with Crippen LogP contribution in [0.4, 0.5) is 0 Å². The maximum Gasteiger partial charge on any atom is 0.317 e. The second-order valence-electron chi connectivity index (χ2n) is 10.9. The first kappa shape index (κ1) is 39.2. The Kier molecular flexibility index (Phi) is 24.2. The van der Waals surface area contributed by atoms with Gasteiger partial charge in [0.15, 0.2) is 0 Å². The first-order chi connectivity index (χ1) is 20.0. The van der Waals surface area contributed by atoms with Crippen molar-refractivity contribution in [1.29, 1.82) is 0 Å². The number of rotatable bonds is 30. The molecule has 0 saturated heterocycles. The molecule has 0 aromatic rings. The van der Waals surface area contributed by atoms with Crippen LogP contribution in [0.25, 0.3) is 0 Å². The molecule has 0 aliphatic heterocycles. The van der Waals surface area contributed by atoms with Gasteiger partial charge in [0, 0.05) is 25.7 Å². The molecule has 0 rings (SSSR count). The molecular formula is C29H54N4O9. The van der Waals surface area contributed by atoms with Crippen molar-refractivity contribution >= 4 is 29.8 Å². The van der Waals surface area contributed by atoms with Gasteiger partial charge in [-0.1, -0.05) is 84.0 Å². The Hall–Kier alpha value is -2.77. The fourth-order valence-electron chi connectivity index (χ4n) is 4.74. The number of aliphatic carboxylic acids is 4. The number of nitrogens with zero attached hydrogens (tertiary/aromatic N) is 2. The Morgan fingerprint density at radius 3 is 1.50 bits per heavy atom. The molecule has 0 radical (unpaired) electrons. The highest BCUT2D eigenvalue weighted by atomic mass is 16.4. The van der Waals surface area contributed by atoms with E-state index in [1.54, 1.807) is 0 Å². The number of carboxylic acids is 4. The Morgan fingerprint density at radius 1 is 0.595 bits per heavy atom. The topological polar surface area (TPSA) is 197 Å². The van der Waals surface area contributed by atoms with Crippen LogP contribution in [0.5, 0.6) is 0 Å². The molecule has 0 saturated carbocycles. The van der Waals surface area contributed by atoms with Crippen molar-refractivity contribution in [3.63, 3.8) is 0 Å². The van der Waals surface area contributed by atoms with Gasteiger partial charge in [0.1, 0.15) is 0 Å². The normalized spacial score (nSPS) is 12.0. The van der Waals surface area contributed by atoms with Crippen LogP contribution < -0.4 is 10.6 Å². The van der Waals surface area contributed by atoms with Crippen LogP contribution in [0.3, 0.4) is 0 Å². The van der Waals surface area contributed by atoms with Crippen LogP contribution in [-0.2, 0) is 24.0 Å². The van der Waals surface area contributed by atoms with E-state index in [1.807, 2.05) is 0 Å². The number of carbonyl (C=O) groups excluding carboxylic acids is 1. The fourth-order valence-corrected chi connectivity index (χ4v) is 4.74. The third kappa shape index (κ3) is 26.1. The summed E-state index contributed by atoms with van der Waals surface area (Å²) >= 11 is 0. The largest absolute Gasteiger partial charge is 0.480 e. The molecule has 0 aliphatic rings. The van der Waals surface area contributed by atoms with Crippen molar-refractivity contribution in [2.24, 2.45) is 0 Å². The molecule has 1 atom stereocenters. The van der Waals surface area contributed by atoms with Gasteiger partial charge in [0.2, 0.25) is 5.91 Å². The molecule has 6 N–H and O–H groups in total. The van der Waals surface area contributed by atoms with E-state index < -0.39 is 56.1 Å². The molecule has 0 spiro atoms. The lowest BCUT2D eigenvalue weighted by Gasteiger charge is -2.28. The van der Waals surface area contributed by atoms with E-state index >= 15 is 0 Å². The Labute approximate surface area is 250 Å². The highest BCUT2D eigenvalue weighted by Gasteiger charge is 2.22. The highest BCUT2D eigenvalue weighted by molar-refractivity contribution is 5.79. The Balaban J connectivity index is 4.52. The van der Waals surface area contributed by atoms with E-state index in [0.29, 0.717) is 6.54 Å². The second kappa shape index (κ2) is 25.9. The van der Waals surface area contributed by atoms with Crippen molar-refractivity contribution in [1.82, 2.24) is 20.4 Å². The first-order valence-electron chi connectivity index (χ1n) is 15.3. The van der Waals surface area contributed by atoms with Gasteiger partial charge < -0.3 is 31.1 Å². The molecule has 0 heterocycles. The van der Waals surface area contributed by atoms with Crippen LogP contribution >= 0.6 is 0 Å². The van der Waals surface area contributed by atoms with Gasteiger partial charge in [-0.2, -0.15) is 0 Å².